The van der Waals surface area contributed by atoms with Crippen LogP contribution in [-0.4, -0.2) is 10.8 Å². The van der Waals surface area contributed by atoms with Crippen molar-refractivity contribution in [2.24, 2.45) is 0 Å². The Balaban J connectivity index is 1.14. The number of rotatable bonds is 6. The van der Waals surface area contributed by atoms with Crippen LogP contribution in [0.1, 0.15) is 52.1 Å². The van der Waals surface area contributed by atoms with Crippen LogP contribution in [0, 0.1) is 13.8 Å². The number of benzene rings is 6. The standard InChI is InChI=1S/C49H40N2S/c1-32-12-20-37(21-13-32)50(36-9-5-4-6-10-36)44-28-18-34-17-26-42-45(29-19-35-16-25-41(44)47(34)48(35)42)51(38-22-14-33(2)15-23-38)39-24-27-40-43-11-7-8-30-49(43,3)52-46(40)31-39/h4-31,41,43-44H,1-3H3. The molecule has 0 amide bonds. The van der Waals surface area contributed by atoms with E-state index in [1.165, 1.54) is 77.5 Å². The summed E-state index contributed by atoms with van der Waals surface area (Å²) in [6, 6.07) is 45.5. The number of allylic oxidation sites excluding steroid dienone is 3. The molecule has 0 radical (unpaired) electrons. The van der Waals surface area contributed by atoms with Gasteiger partial charge in [0.1, 0.15) is 0 Å². The van der Waals surface area contributed by atoms with E-state index in [9.17, 15) is 0 Å². The molecule has 252 valence electrons. The molecule has 1 aliphatic heterocycles. The van der Waals surface area contributed by atoms with Crippen LogP contribution in [0.25, 0.3) is 22.9 Å². The van der Waals surface area contributed by atoms with Crippen LogP contribution in [0.4, 0.5) is 28.4 Å². The van der Waals surface area contributed by atoms with E-state index in [0.29, 0.717) is 5.92 Å². The molecule has 4 aliphatic rings. The van der Waals surface area contributed by atoms with Crippen molar-refractivity contribution in [3.05, 3.63) is 191 Å². The molecule has 0 spiro atoms. The summed E-state index contributed by atoms with van der Waals surface area (Å²) >= 11 is 1.99. The van der Waals surface area contributed by atoms with Gasteiger partial charge in [-0.05, 0) is 103 Å². The quantitative estimate of drug-likeness (QED) is 0.172. The van der Waals surface area contributed by atoms with Crippen LogP contribution < -0.4 is 9.80 Å². The summed E-state index contributed by atoms with van der Waals surface area (Å²) in [6.45, 7) is 6.69. The topological polar surface area (TPSA) is 6.48 Å². The van der Waals surface area contributed by atoms with Crippen molar-refractivity contribution in [2.45, 2.75) is 48.3 Å². The zero-order chi connectivity index (χ0) is 35.0. The highest BCUT2D eigenvalue weighted by molar-refractivity contribution is 8.01. The van der Waals surface area contributed by atoms with Gasteiger partial charge in [0.15, 0.2) is 0 Å². The van der Waals surface area contributed by atoms with Crippen LogP contribution in [0.3, 0.4) is 0 Å². The molecule has 0 saturated heterocycles. The van der Waals surface area contributed by atoms with Gasteiger partial charge >= 0.3 is 0 Å². The summed E-state index contributed by atoms with van der Waals surface area (Å²) in [5.74, 6) is 0.575. The zero-order valence-electron chi connectivity index (χ0n) is 29.7. The fourth-order valence-electron chi connectivity index (χ4n) is 8.88. The Morgan fingerprint density at radius 3 is 2.10 bits per heavy atom. The van der Waals surface area contributed by atoms with Gasteiger partial charge in [0.25, 0.3) is 0 Å². The van der Waals surface area contributed by atoms with E-state index < -0.39 is 0 Å². The van der Waals surface area contributed by atoms with Gasteiger partial charge in [-0.1, -0.05) is 126 Å². The highest BCUT2D eigenvalue weighted by Crippen LogP contribution is 2.57. The molecule has 4 atom stereocenters. The first kappa shape index (κ1) is 31.2. The van der Waals surface area contributed by atoms with Gasteiger partial charge in [-0.2, -0.15) is 0 Å². The number of fused-ring (bicyclic) bond motifs is 3. The normalized spacial score (nSPS) is 21.6. The Morgan fingerprint density at radius 2 is 1.31 bits per heavy atom. The summed E-state index contributed by atoms with van der Waals surface area (Å²) < 4.78 is 0.0480. The summed E-state index contributed by atoms with van der Waals surface area (Å²) in [5.41, 5.74) is 13.9. The first-order valence-electron chi connectivity index (χ1n) is 18.4. The molecule has 52 heavy (non-hydrogen) atoms. The fourth-order valence-corrected chi connectivity index (χ4v) is 10.3. The second kappa shape index (κ2) is 12.0. The molecule has 4 unspecified atom stereocenters. The van der Waals surface area contributed by atoms with Gasteiger partial charge in [0, 0.05) is 49.6 Å². The number of hydrogen-bond donors (Lipinski definition) is 0. The lowest BCUT2D eigenvalue weighted by Crippen LogP contribution is -2.36. The van der Waals surface area contributed by atoms with Crippen molar-refractivity contribution < 1.29 is 0 Å². The fraction of sp³-hybridized carbons (Fsp3) is 0.143. The monoisotopic (exact) mass is 688 g/mol. The van der Waals surface area contributed by atoms with E-state index in [-0.39, 0.29) is 16.7 Å². The highest BCUT2D eigenvalue weighted by Gasteiger charge is 2.41. The van der Waals surface area contributed by atoms with Gasteiger partial charge < -0.3 is 9.80 Å². The minimum atomic E-state index is 0.0480. The van der Waals surface area contributed by atoms with Gasteiger partial charge in [-0.25, -0.2) is 0 Å². The van der Waals surface area contributed by atoms with Gasteiger partial charge in [0.05, 0.1) is 11.7 Å². The molecule has 0 saturated carbocycles. The van der Waals surface area contributed by atoms with Crippen molar-refractivity contribution in [2.75, 3.05) is 9.80 Å². The molecule has 1 heterocycles. The molecule has 3 aliphatic carbocycles. The lowest BCUT2D eigenvalue weighted by molar-refractivity contribution is 0.694. The molecule has 6 aromatic carbocycles. The molecule has 0 fully saturated rings. The Labute approximate surface area is 311 Å². The van der Waals surface area contributed by atoms with Gasteiger partial charge in [0.2, 0.25) is 0 Å². The van der Waals surface area contributed by atoms with E-state index in [1.807, 2.05) is 11.8 Å². The maximum absolute atomic E-state index is 2.52. The van der Waals surface area contributed by atoms with Gasteiger partial charge in [-0.15, -0.1) is 11.8 Å². The molecule has 0 N–H and O–H groups in total. The molecule has 2 nitrogen and oxygen atoms in total. The van der Waals surface area contributed by atoms with Crippen LogP contribution in [0.5, 0.6) is 0 Å². The zero-order valence-corrected chi connectivity index (χ0v) is 30.5. The Hall–Kier alpha value is -5.51. The second-order valence-electron chi connectivity index (χ2n) is 14.8. The first-order valence-corrected chi connectivity index (χ1v) is 19.2. The molecule has 3 heteroatoms. The number of nitrogens with zero attached hydrogens (tertiary/aromatic N) is 2. The maximum Gasteiger partial charge on any atom is 0.0629 e. The molecule has 0 bridgehead atoms. The smallest absolute Gasteiger partial charge is 0.0629 e. The Kier molecular flexibility index (Phi) is 7.23. The van der Waals surface area contributed by atoms with Crippen LogP contribution >= 0.6 is 11.8 Å². The second-order valence-corrected chi connectivity index (χ2v) is 16.4. The summed E-state index contributed by atoms with van der Waals surface area (Å²) in [5, 5.41) is 2.64. The lowest BCUT2D eigenvalue weighted by atomic mass is 9.75. The van der Waals surface area contributed by atoms with Crippen LogP contribution in [0.15, 0.2) is 163 Å². The predicted molar refractivity (Wildman–Crippen MR) is 223 cm³/mol. The van der Waals surface area contributed by atoms with Crippen molar-refractivity contribution in [1.29, 1.82) is 0 Å². The maximum atomic E-state index is 2.52. The molecular weight excluding hydrogens is 649 g/mol. The molecular formula is C49H40N2S. The van der Waals surface area contributed by atoms with E-state index in [0.717, 1.165) is 0 Å². The molecule has 10 rings (SSSR count). The minimum Gasteiger partial charge on any atom is -0.334 e. The SMILES string of the molecule is Cc1ccc(N(c2ccc3c(c2)SC2(C)C=CC=CC32)c2ccc3c4c5c(ccc24)C=CC(N(c2ccccc2)c2ccc(C)cc2)C5C=C3)cc1. The number of hydrogen-bond acceptors (Lipinski definition) is 3. The average Bonchev–Trinajstić information content (AvgIpc) is 3.48. The van der Waals surface area contributed by atoms with E-state index >= 15 is 0 Å². The number of thioether (sulfide) groups is 1. The first-order chi connectivity index (χ1) is 25.4. The number of aryl methyl sites for hydroxylation is 2. The summed E-state index contributed by atoms with van der Waals surface area (Å²) in [4.78, 5) is 6.37. The third kappa shape index (κ3) is 4.94. The highest BCUT2D eigenvalue weighted by atomic mass is 32.2. The Morgan fingerprint density at radius 1 is 0.615 bits per heavy atom. The number of para-hydroxylation sites is 1. The third-order valence-electron chi connectivity index (χ3n) is 11.5. The molecule has 0 aromatic heterocycles. The van der Waals surface area contributed by atoms with Crippen LogP contribution in [0.2, 0.25) is 0 Å². The van der Waals surface area contributed by atoms with E-state index in [1.54, 1.807) is 0 Å². The largest absolute Gasteiger partial charge is 0.334 e. The number of anilines is 5. The minimum absolute atomic E-state index is 0.0480. The van der Waals surface area contributed by atoms with Crippen molar-refractivity contribution >= 4 is 63.1 Å². The molecule has 6 aromatic rings. The van der Waals surface area contributed by atoms with Gasteiger partial charge in [-0.3, -0.25) is 0 Å². The average molecular weight is 689 g/mol. The Bertz CT molecular complexity index is 2490. The van der Waals surface area contributed by atoms with Crippen LogP contribution in [-0.2, 0) is 0 Å². The van der Waals surface area contributed by atoms with Crippen molar-refractivity contribution in [1.82, 2.24) is 0 Å². The van der Waals surface area contributed by atoms with Crippen molar-refractivity contribution in [3.8, 4) is 0 Å². The summed E-state index contributed by atoms with van der Waals surface area (Å²) in [6.07, 6.45) is 18.7. The van der Waals surface area contributed by atoms with E-state index in [4.69, 9.17) is 0 Å². The predicted octanol–water partition coefficient (Wildman–Crippen LogP) is 13.3. The third-order valence-corrected chi connectivity index (χ3v) is 12.9. The summed E-state index contributed by atoms with van der Waals surface area (Å²) in [7, 11) is 0. The van der Waals surface area contributed by atoms with Crippen molar-refractivity contribution in [3.63, 3.8) is 0 Å². The van der Waals surface area contributed by atoms with E-state index in [2.05, 4.69) is 201 Å². The lowest BCUT2D eigenvalue weighted by Gasteiger charge is -2.40.